The molecule has 0 spiro atoms. The third kappa shape index (κ3) is 1.57. The van der Waals surface area contributed by atoms with Crippen molar-refractivity contribution < 1.29 is 14.6 Å². The first kappa shape index (κ1) is 9.98. The largest absolute Gasteiger partial charge is 0.508 e. The van der Waals surface area contributed by atoms with E-state index in [2.05, 4.69) is 0 Å². The van der Waals surface area contributed by atoms with E-state index in [1.54, 1.807) is 18.2 Å². The highest BCUT2D eigenvalue weighted by Crippen LogP contribution is 2.39. The monoisotopic (exact) mass is 222 g/mol. The highest BCUT2D eigenvalue weighted by molar-refractivity contribution is 7.21. The van der Waals surface area contributed by atoms with Crippen LogP contribution in [0.5, 0.6) is 11.5 Å². The van der Waals surface area contributed by atoms with Gasteiger partial charge in [0.2, 0.25) is 0 Å². The van der Waals surface area contributed by atoms with Crippen LogP contribution in [0.2, 0.25) is 0 Å². The molecule has 2 rings (SSSR count). The van der Waals surface area contributed by atoms with Gasteiger partial charge in [-0.25, -0.2) is 0 Å². The van der Waals surface area contributed by atoms with Gasteiger partial charge in [0.15, 0.2) is 5.78 Å². The number of hydrogen-bond donors (Lipinski definition) is 1. The van der Waals surface area contributed by atoms with Gasteiger partial charge in [0.1, 0.15) is 16.4 Å². The van der Waals surface area contributed by atoms with Crippen molar-refractivity contribution in [1.82, 2.24) is 0 Å². The molecule has 0 bridgehead atoms. The molecule has 0 amide bonds. The molecule has 1 aromatic heterocycles. The second-order valence-electron chi connectivity index (χ2n) is 3.20. The number of thiophene rings is 1. The van der Waals surface area contributed by atoms with Gasteiger partial charge in [0.05, 0.1) is 7.11 Å². The lowest BCUT2D eigenvalue weighted by Gasteiger charge is -1.99. The Morgan fingerprint density at radius 2 is 2.20 bits per heavy atom. The summed E-state index contributed by atoms with van der Waals surface area (Å²) in [7, 11) is 1.53. The van der Waals surface area contributed by atoms with E-state index in [4.69, 9.17) is 4.74 Å². The molecule has 0 fully saturated rings. The zero-order valence-electron chi connectivity index (χ0n) is 8.40. The molecule has 0 aliphatic heterocycles. The van der Waals surface area contributed by atoms with Crippen LogP contribution in [0.25, 0.3) is 10.1 Å². The van der Waals surface area contributed by atoms with Crippen molar-refractivity contribution in [2.75, 3.05) is 7.11 Å². The van der Waals surface area contributed by atoms with E-state index < -0.39 is 0 Å². The number of ether oxygens (including phenoxy) is 1. The predicted molar refractivity (Wildman–Crippen MR) is 60.0 cm³/mol. The lowest BCUT2D eigenvalue weighted by atomic mass is 10.2. The van der Waals surface area contributed by atoms with Crippen LogP contribution in [0.4, 0.5) is 0 Å². The first-order valence-electron chi connectivity index (χ1n) is 4.44. The molecule has 78 valence electrons. The number of methoxy groups -OCH3 is 1. The van der Waals surface area contributed by atoms with E-state index in [-0.39, 0.29) is 11.5 Å². The number of carbonyl (C=O) groups excluding carboxylic acids is 1. The summed E-state index contributed by atoms with van der Waals surface area (Å²) in [5, 5.41) is 10.1. The maximum absolute atomic E-state index is 11.3. The first-order valence-corrected chi connectivity index (χ1v) is 5.25. The van der Waals surface area contributed by atoms with Crippen LogP contribution in [-0.4, -0.2) is 18.0 Å². The van der Waals surface area contributed by atoms with Crippen molar-refractivity contribution in [1.29, 1.82) is 0 Å². The minimum Gasteiger partial charge on any atom is -0.508 e. The Labute approximate surface area is 90.9 Å². The normalized spacial score (nSPS) is 10.5. The van der Waals surface area contributed by atoms with Gasteiger partial charge in [-0.2, -0.15) is 0 Å². The Hall–Kier alpha value is -1.55. The number of benzene rings is 1. The Bertz CT molecular complexity index is 528. The summed E-state index contributed by atoms with van der Waals surface area (Å²) < 4.78 is 6.13. The van der Waals surface area contributed by atoms with Gasteiger partial charge in [0.25, 0.3) is 0 Å². The minimum absolute atomic E-state index is 0.0208. The van der Waals surface area contributed by atoms with Gasteiger partial charge in [-0.15, -0.1) is 11.3 Å². The Kier molecular flexibility index (Phi) is 2.36. The summed E-state index contributed by atoms with van der Waals surface area (Å²) in [4.78, 5) is 11.9. The summed E-state index contributed by atoms with van der Waals surface area (Å²) in [6, 6.07) is 4.99. The molecule has 0 atom stereocenters. The number of ketones is 1. The molecule has 3 nitrogen and oxygen atoms in total. The minimum atomic E-state index is -0.0208. The predicted octanol–water partition coefficient (Wildman–Crippen LogP) is 2.82. The van der Waals surface area contributed by atoms with E-state index in [1.165, 1.54) is 25.4 Å². The molecule has 0 saturated heterocycles. The fraction of sp³-hybridized carbons (Fsp3) is 0.182. The number of hydrogen-bond acceptors (Lipinski definition) is 4. The molecule has 4 heteroatoms. The average Bonchev–Trinajstić information content (AvgIpc) is 2.55. The van der Waals surface area contributed by atoms with Gasteiger partial charge in [-0.3, -0.25) is 4.79 Å². The quantitative estimate of drug-likeness (QED) is 0.795. The molecule has 0 radical (unpaired) electrons. The lowest BCUT2D eigenvalue weighted by molar-refractivity contribution is 0.101. The summed E-state index contributed by atoms with van der Waals surface area (Å²) >= 11 is 1.38. The Morgan fingerprint density at radius 3 is 2.80 bits per heavy atom. The van der Waals surface area contributed by atoms with Crippen molar-refractivity contribution in [2.24, 2.45) is 0 Å². The highest BCUT2D eigenvalue weighted by Gasteiger charge is 2.16. The van der Waals surface area contributed by atoms with Crippen LogP contribution < -0.4 is 4.74 Å². The fourth-order valence-electron chi connectivity index (χ4n) is 1.50. The second-order valence-corrected chi connectivity index (χ2v) is 4.25. The zero-order chi connectivity index (χ0) is 11.0. The maximum atomic E-state index is 11.3. The van der Waals surface area contributed by atoms with Crippen LogP contribution in [0, 0.1) is 0 Å². The van der Waals surface area contributed by atoms with Crippen LogP contribution >= 0.6 is 11.3 Å². The van der Waals surface area contributed by atoms with Crippen molar-refractivity contribution in [3.8, 4) is 11.5 Å². The third-order valence-corrected chi connectivity index (χ3v) is 3.40. The highest BCUT2D eigenvalue weighted by atomic mass is 32.1. The number of Topliss-reactive ketones (excluding diaryl/α,β-unsaturated/α-hetero) is 1. The van der Waals surface area contributed by atoms with E-state index in [9.17, 15) is 9.90 Å². The summed E-state index contributed by atoms with van der Waals surface area (Å²) in [6.07, 6.45) is 0. The van der Waals surface area contributed by atoms with Crippen molar-refractivity contribution >= 4 is 27.2 Å². The zero-order valence-corrected chi connectivity index (χ0v) is 9.22. The molecule has 0 unspecified atom stereocenters. The number of aromatic hydroxyl groups is 1. The standard InChI is InChI=1S/C11H10O3S/c1-6(12)11-10(14-2)8-5-7(13)3-4-9(8)15-11/h3-5,13H,1-2H3. The van der Waals surface area contributed by atoms with Gasteiger partial charge < -0.3 is 9.84 Å². The Balaban J connectivity index is 2.79. The lowest BCUT2D eigenvalue weighted by Crippen LogP contribution is -1.91. The molecule has 0 aliphatic carbocycles. The SMILES string of the molecule is COc1c(C(C)=O)sc2ccc(O)cc12. The van der Waals surface area contributed by atoms with Gasteiger partial charge >= 0.3 is 0 Å². The summed E-state index contributed by atoms with van der Waals surface area (Å²) in [5.41, 5.74) is 0. The fourth-order valence-corrected chi connectivity index (χ4v) is 2.54. The van der Waals surface area contributed by atoms with E-state index in [0.29, 0.717) is 10.6 Å². The molecule has 1 N–H and O–H groups in total. The van der Waals surface area contributed by atoms with E-state index in [1.807, 2.05) is 0 Å². The molecule has 1 aromatic carbocycles. The molecule has 0 aliphatic rings. The summed E-state index contributed by atoms with van der Waals surface area (Å²) in [6.45, 7) is 1.51. The van der Waals surface area contributed by atoms with Crippen molar-refractivity contribution in [3.63, 3.8) is 0 Å². The second kappa shape index (κ2) is 3.55. The number of fused-ring (bicyclic) bond motifs is 1. The van der Waals surface area contributed by atoms with Gasteiger partial charge in [0, 0.05) is 17.0 Å². The van der Waals surface area contributed by atoms with Crippen molar-refractivity contribution in [2.45, 2.75) is 6.92 Å². The first-order chi connectivity index (χ1) is 7.13. The molecule has 0 saturated carbocycles. The molecule has 2 aromatic rings. The van der Waals surface area contributed by atoms with Gasteiger partial charge in [-0.1, -0.05) is 0 Å². The number of rotatable bonds is 2. The molecule has 1 heterocycles. The van der Waals surface area contributed by atoms with Crippen LogP contribution in [0.15, 0.2) is 18.2 Å². The van der Waals surface area contributed by atoms with E-state index >= 15 is 0 Å². The third-order valence-electron chi connectivity index (χ3n) is 2.15. The van der Waals surface area contributed by atoms with Gasteiger partial charge in [-0.05, 0) is 18.2 Å². The Morgan fingerprint density at radius 1 is 1.47 bits per heavy atom. The van der Waals surface area contributed by atoms with Crippen LogP contribution in [0.1, 0.15) is 16.6 Å². The number of carbonyl (C=O) groups is 1. The van der Waals surface area contributed by atoms with Crippen LogP contribution in [-0.2, 0) is 0 Å². The smallest absolute Gasteiger partial charge is 0.173 e. The topological polar surface area (TPSA) is 46.5 Å². The summed E-state index contributed by atoms with van der Waals surface area (Å²) in [5.74, 6) is 0.708. The molecule has 15 heavy (non-hydrogen) atoms. The molecular weight excluding hydrogens is 212 g/mol. The van der Waals surface area contributed by atoms with E-state index in [0.717, 1.165) is 10.1 Å². The number of phenolic OH excluding ortho intramolecular Hbond substituents is 1. The number of phenols is 1. The average molecular weight is 222 g/mol. The molecular formula is C11H10O3S. The van der Waals surface area contributed by atoms with Crippen LogP contribution in [0.3, 0.4) is 0 Å². The van der Waals surface area contributed by atoms with Crippen molar-refractivity contribution in [3.05, 3.63) is 23.1 Å². The maximum Gasteiger partial charge on any atom is 0.173 e.